The molecule has 0 amide bonds. The Labute approximate surface area is 114 Å². The summed E-state index contributed by atoms with van der Waals surface area (Å²) in [7, 11) is 3.93. The minimum atomic E-state index is 0.425. The Morgan fingerprint density at radius 3 is 2.33 bits per heavy atom. The van der Waals surface area contributed by atoms with Crippen LogP contribution in [0.4, 0.5) is 0 Å². The molecule has 0 radical (unpaired) electrons. The lowest BCUT2D eigenvalue weighted by Crippen LogP contribution is -2.38. The minimum Gasteiger partial charge on any atom is -0.384 e. The highest BCUT2D eigenvalue weighted by molar-refractivity contribution is 4.95. The summed E-state index contributed by atoms with van der Waals surface area (Å²) in [5, 5.41) is 3.40. The smallest absolute Gasteiger partial charge is 0.0533 e. The van der Waals surface area contributed by atoms with Gasteiger partial charge in [-0.25, -0.2) is 0 Å². The number of ether oxygens (including phenoxy) is 1. The zero-order valence-corrected chi connectivity index (χ0v) is 12.8. The van der Waals surface area contributed by atoms with Crippen molar-refractivity contribution in [3.8, 4) is 0 Å². The Kier molecular flexibility index (Phi) is 7.92. The summed E-state index contributed by atoms with van der Waals surface area (Å²) in [6.45, 7) is 4.34. The van der Waals surface area contributed by atoms with Crippen LogP contribution < -0.4 is 5.32 Å². The van der Waals surface area contributed by atoms with Gasteiger partial charge < -0.3 is 10.1 Å². The molecule has 0 aliphatic heterocycles. The molecule has 2 heteroatoms. The van der Waals surface area contributed by atoms with E-state index in [9.17, 15) is 0 Å². The van der Waals surface area contributed by atoms with Gasteiger partial charge in [-0.2, -0.15) is 0 Å². The summed E-state index contributed by atoms with van der Waals surface area (Å²) in [5.41, 5.74) is 0.425. The number of rotatable bonds is 12. The lowest BCUT2D eigenvalue weighted by molar-refractivity contribution is 0.0531. The molecule has 108 valence electrons. The molecule has 1 aliphatic carbocycles. The van der Waals surface area contributed by atoms with Crippen molar-refractivity contribution >= 4 is 0 Å². The molecule has 0 aromatic heterocycles. The lowest BCUT2D eigenvalue weighted by atomic mass is 9.78. The monoisotopic (exact) mass is 255 g/mol. The van der Waals surface area contributed by atoms with Crippen LogP contribution in [0.25, 0.3) is 0 Å². The summed E-state index contributed by atoms with van der Waals surface area (Å²) in [5.74, 6) is 0.917. The third-order valence-corrected chi connectivity index (χ3v) is 4.43. The van der Waals surface area contributed by atoms with Crippen molar-refractivity contribution in [3.63, 3.8) is 0 Å². The van der Waals surface area contributed by atoms with Crippen LogP contribution in [0, 0.1) is 11.3 Å². The zero-order valence-electron chi connectivity index (χ0n) is 12.8. The molecule has 0 aromatic carbocycles. The number of nitrogens with one attached hydrogen (secondary N) is 1. The molecule has 18 heavy (non-hydrogen) atoms. The van der Waals surface area contributed by atoms with Crippen LogP contribution in [-0.4, -0.2) is 27.3 Å². The zero-order chi connectivity index (χ0) is 13.3. The fraction of sp³-hybridized carbons (Fsp3) is 1.00. The molecule has 0 spiro atoms. The summed E-state index contributed by atoms with van der Waals surface area (Å²) in [4.78, 5) is 0. The van der Waals surface area contributed by atoms with Crippen molar-refractivity contribution in [2.75, 3.05) is 27.3 Å². The lowest BCUT2D eigenvalue weighted by Gasteiger charge is -2.33. The van der Waals surface area contributed by atoms with Crippen LogP contribution in [0.2, 0.25) is 0 Å². The van der Waals surface area contributed by atoms with E-state index in [2.05, 4.69) is 19.3 Å². The van der Waals surface area contributed by atoms with Crippen molar-refractivity contribution in [2.45, 2.75) is 64.7 Å². The maximum absolute atomic E-state index is 5.52. The first-order valence-corrected chi connectivity index (χ1v) is 7.92. The van der Waals surface area contributed by atoms with Crippen molar-refractivity contribution in [2.24, 2.45) is 11.3 Å². The van der Waals surface area contributed by atoms with Crippen LogP contribution in [0.15, 0.2) is 0 Å². The number of methoxy groups -OCH3 is 1. The van der Waals surface area contributed by atoms with Crippen LogP contribution in [0.1, 0.15) is 64.7 Å². The van der Waals surface area contributed by atoms with Gasteiger partial charge in [0.15, 0.2) is 0 Å². The SMILES string of the molecule is CCCCCCCCC(CNC)(COC)C1CC1. The van der Waals surface area contributed by atoms with E-state index in [1.807, 2.05) is 7.11 Å². The van der Waals surface area contributed by atoms with Crippen molar-refractivity contribution in [1.29, 1.82) is 0 Å². The molecular weight excluding hydrogens is 222 g/mol. The topological polar surface area (TPSA) is 21.3 Å². The fourth-order valence-electron chi connectivity index (χ4n) is 3.27. The van der Waals surface area contributed by atoms with E-state index in [1.165, 1.54) is 57.8 Å². The highest BCUT2D eigenvalue weighted by atomic mass is 16.5. The Morgan fingerprint density at radius 2 is 1.78 bits per heavy atom. The average molecular weight is 255 g/mol. The maximum atomic E-state index is 5.52. The summed E-state index contributed by atoms with van der Waals surface area (Å²) in [6, 6.07) is 0. The van der Waals surface area contributed by atoms with Gasteiger partial charge in [0.2, 0.25) is 0 Å². The van der Waals surface area contributed by atoms with Crippen LogP contribution in [0.5, 0.6) is 0 Å². The molecule has 0 heterocycles. The van der Waals surface area contributed by atoms with Crippen molar-refractivity contribution < 1.29 is 4.74 Å². The van der Waals surface area contributed by atoms with Gasteiger partial charge in [-0.05, 0) is 32.2 Å². The summed E-state index contributed by atoms with van der Waals surface area (Å²) >= 11 is 0. The maximum Gasteiger partial charge on any atom is 0.0533 e. The molecule has 1 rings (SSSR count). The van der Waals surface area contributed by atoms with Gasteiger partial charge >= 0.3 is 0 Å². The van der Waals surface area contributed by atoms with E-state index in [4.69, 9.17) is 4.74 Å². The van der Waals surface area contributed by atoms with E-state index >= 15 is 0 Å². The molecule has 1 saturated carbocycles. The number of unbranched alkanes of at least 4 members (excludes halogenated alkanes) is 5. The van der Waals surface area contributed by atoms with Crippen LogP contribution in [-0.2, 0) is 4.74 Å². The summed E-state index contributed by atoms with van der Waals surface area (Å²) in [6.07, 6.45) is 12.6. The van der Waals surface area contributed by atoms with E-state index in [-0.39, 0.29) is 0 Å². The normalized spacial score (nSPS) is 18.8. The third kappa shape index (κ3) is 5.27. The van der Waals surface area contributed by atoms with Gasteiger partial charge in [-0.1, -0.05) is 45.4 Å². The van der Waals surface area contributed by atoms with E-state index in [0.29, 0.717) is 5.41 Å². The number of hydrogen-bond acceptors (Lipinski definition) is 2. The van der Waals surface area contributed by atoms with Crippen molar-refractivity contribution in [1.82, 2.24) is 5.32 Å². The molecule has 0 saturated heterocycles. The highest BCUT2D eigenvalue weighted by Gasteiger charge is 2.44. The van der Waals surface area contributed by atoms with Crippen LogP contribution in [0.3, 0.4) is 0 Å². The number of hydrogen-bond donors (Lipinski definition) is 1. The molecule has 1 N–H and O–H groups in total. The van der Waals surface area contributed by atoms with E-state index in [1.54, 1.807) is 0 Å². The molecule has 0 aromatic rings. The Balaban J connectivity index is 2.26. The molecule has 1 atom stereocenters. The van der Waals surface area contributed by atoms with Gasteiger partial charge in [0.25, 0.3) is 0 Å². The second kappa shape index (κ2) is 8.92. The van der Waals surface area contributed by atoms with Gasteiger partial charge in [-0.3, -0.25) is 0 Å². The summed E-state index contributed by atoms with van der Waals surface area (Å²) < 4.78 is 5.52. The largest absolute Gasteiger partial charge is 0.384 e. The van der Waals surface area contributed by atoms with Gasteiger partial charge in [0, 0.05) is 19.1 Å². The van der Waals surface area contributed by atoms with Crippen LogP contribution >= 0.6 is 0 Å². The Bertz CT molecular complexity index is 195. The molecule has 0 bridgehead atoms. The molecular formula is C16H33NO. The highest BCUT2D eigenvalue weighted by Crippen LogP contribution is 2.48. The Morgan fingerprint density at radius 1 is 1.11 bits per heavy atom. The van der Waals surface area contributed by atoms with Gasteiger partial charge in [-0.15, -0.1) is 0 Å². The molecule has 1 aliphatic rings. The van der Waals surface area contributed by atoms with E-state index < -0.39 is 0 Å². The molecule has 1 unspecified atom stereocenters. The second-order valence-electron chi connectivity index (χ2n) is 6.12. The first-order valence-electron chi connectivity index (χ1n) is 7.92. The minimum absolute atomic E-state index is 0.425. The van der Waals surface area contributed by atoms with Gasteiger partial charge in [0.1, 0.15) is 0 Å². The fourth-order valence-corrected chi connectivity index (χ4v) is 3.27. The first kappa shape index (κ1) is 16.0. The predicted octanol–water partition coefficient (Wildman–Crippen LogP) is 4.00. The first-order chi connectivity index (χ1) is 8.79. The van der Waals surface area contributed by atoms with Crippen molar-refractivity contribution in [3.05, 3.63) is 0 Å². The second-order valence-corrected chi connectivity index (χ2v) is 6.12. The molecule has 2 nitrogen and oxygen atoms in total. The Hall–Kier alpha value is -0.0800. The average Bonchev–Trinajstić information content (AvgIpc) is 3.18. The quantitative estimate of drug-likeness (QED) is 0.532. The van der Waals surface area contributed by atoms with Gasteiger partial charge in [0.05, 0.1) is 6.61 Å². The van der Waals surface area contributed by atoms with E-state index in [0.717, 1.165) is 19.1 Å². The standard InChI is InChI=1S/C16H33NO/c1-4-5-6-7-8-9-12-16(13-17-2,14-18-3)15-10-11-15/h15,17H,4-14H2,1-3H3. The third-order valence-electron chi connectivity index (χ3n) is 4.43. The molecule has 1 fully saturated rings. The predicted molar refractivity (Wildman–Crippen MR) is 79.0 cm³/mol.